The Kier molecular flexibility index (Phi) is 2.72. The number of hydrogen-bond donors (Lipinski definition) is 0. The van der Waals surface area contributed by atoms with Gasteiger partial charge in [0.05, 0.1) is 4.34 Å². The Labute approximate surface area is 72.6 Å². The van der Waals surface area contributed by atoms with Gasteiger partial charge < -0.3 is 0 Å². The predicted molar refractivity (Wildman–Crippen MR) is 43.9 cm³/mol. The zero-order valence-corrected chi connectivity index (χ0v) is 7.26. The summed E-state index contributed by atoms with van der Waals surface area (Å²) in [4.78, 5) is 10.4. The molecule has 1 heterocycles. The maximum atomic E-state index is 10.4. The molecular weight excluding hydrogens is 191 g/mol. The highest BCUT2D eigenvalue weighted by Gasteiger charge is 2.04. The van der Waals surface area contributed by atoms with E-state index in [1.807, 2.05) is 5.38 Å². The van der Waals surface area contributed by atoms with E-state index in [0.717, 1.165) is 5.56 Å². The number of hydrogen-bond acceptors (Lipinski definition) is 2. The molecule has 1 nitrogen and oxygen atoms in total. The molecule has 1 rings (SSSR count). The molecule has 1 aromatic rings. The third-order valence-corrected chi connectivity index (χ3v) is 2.41. The second-order valence-electron chi connectivity index (χ2n) is 1.75. The molecule has 0 aliphatic heterocycles. The van der Waals surface area contributed by atoms with Crippen molar-refractivity contribution in [1.82, 2.24) is 0 Å². The second-order valence-corrected chi connectivity index (χ2v) is 3.69. The van der Waals surface area contributed by atoms with Crippen molar-refractivity contribution >= 4 is 39.8 Å². The van der Waals surface area contributed by atoms with E-state index in [9.17, 15) is 4.79 Å². The summed E-state index contributed by atoms with van der Waals surface area (Å²) in [7, 11) is 0. The Balaban J connectivity index is 2.74. The van der Waals surface area contributed by atoms with Crippen molar-refractivity contribution in [3.8, 4) is 0 Å². The summed E-state index contributed by atoms with van der Waals surface area (Å²) in [5.41, 5.74) is 0.812. The summed E-state index contributed by atoms with van der Waals surface area (Å²) >= 11 is 12.2. The van der Waals surface area contributed by atoms with E-state index in [-0.39, 0.29) is 11.7 Å². The van der Waals surface area contributed by atoms with Crippen LogP contribution in [0.3, 0.4) is 0 Å². The van der Waals surface area contributed by atoms with Gasteiger partial charge in [0.25, 0.3) is 0 Å². The molecule has 4 heteroatoms. The van der Waals surface area contributed by atoms with Gasteiger partial charge in [0.2, 0.25) is 5.24 Å². The van der Waals surface area contributed by atoms with Crippen LogP contribution >= 0.6 is 34.5 Å². The van der Waals surface area contributed by atoms with Crippen LogP contribution in [0.5, 0.6) is 0 Å². The SMILES string of the molecule is O=C(Cl)Cc1ccsc1Cl. The topological polar surface area (TPSA) is 17.1 Å². The van der Waals surface area contributed by atoms with Gasteiger partial charge in [-0.1, -0.05) is 11.6 Å². The Morgan fingerprint density at radius 1 is 1.70 bits per heavy atom. The maximum Gasteiger partial charge on any atom is 0.226 e. The van der Waals surface area contributed by atoms with Crippen LogP contribution < -0.4 is 0 Å². The highest BCUT2D eigenvalue weighted by Crippen LogP contribution is 2.23. The monoisotopic (exact) mass is 194 g/mol. The molecule has 0 saturated carbocycles. The van der Waals surface area contributed by atoms with Crippen LogP contribution in [0, 0.1) is 0 Å². The van der Waals surface area contributed by atoms with Crippen molar-refractivity contribution < 1.29 is 4.79 Å². The summed E-state index contributed by atoms with van der Waals surface area (Å²) in [5, 5.41) is 1.46. The molecule has 10 heavy (non-hydrogen) atoms. The van der Waals surface area contributed by atoms with E-state index in [0.29, 0.717) is 4.34 Å². The van der Waals surface area contributed by atoms with Gasteiger partial charge in [-0.3, -0.25) is 4.79 Å². The quantitative estimate of drug-likeness (QED) is 0.663. The minimum atomic E-state index is -0.375. The van der Waals surface area contributed by atoms with E-state index in [4.69, 9.17) is 23.2 Å². The van der Waals surface area contributed by atoms with Crippen molar-refractivity contribution in [1.29, 1.82) is 0 Å². The Bertz CT molecular complexity index is 244. The van der Waals surface area contributed by atoms with Crippen LogP contribution in [0.15, 0.2) is 11.4 Å². The molecule has 0 radical (unpaired) electrons. The van der Waals surface area contributed by atoms with Crippen LogP contribution in [0.2, 0.25) is 4.34 Å². The molecule has 0 bridgehead atoms. The highest BCUT2D eigenvalue weighted by molar-refractivity contribution is 7.14. The fourth-order valence-electron chi connectivity index (χ4n) is 0.595. The number of halogens is 2. The summed E-state index contributed by atoms with van der Waals surface area (Å²) in [5.74, 6) is 0. The zero-order valence-electron chi connectivity index (χ0n) is 4.93. The summed E-state index contributed by atoms with van der Waals surface area (Å²) in [6.07, 6.45) is 0.226. The molecule has 1 aromatic heterocycles. The normalized spacial score (nSPS) is 9.80. The number of thiophene rings is 1. The highest BCUT2D eigenvalue weighted by atomic mass is 35.5. The molecule has 0 aliphatic carbocycles. The number of carbonyl (C=O) groups excluding carboxylic acids is 1. The molecule has 0 fully saturated rings. The van der Waals surface area contributed by atoms with Crippen LogP contribution in [-0.2, 0) is 11.2 Å². The smallest absolute Gasteiger partial charge is 0.226 e. The van der Waals surface area contributed by atoms with E-state index in [2.05, 4.69) is 0 Å². The lowest BCUT2D eigenvalue weighted by atomic mass is 10.3. The van der Waals surface area contributed by atoms with Gasteiger partial charge in [-0.2, -0.15) is 0 Å². The lowest BCUT2D eigenvalue weighted by Crippen LogP contribution is -1.90. The van der Waals surface area contributed by atoms with Gasteiger partial charge in [0.15, 0.2) is 0 Å². The van der Waals surface area contributed by atoms with Crippen LogP contribution in [-0.4, -0.2) is 5.24 Å². The van der Waals surface area contributed by atoms with Crippen molar-refractivity contribution in [2.45, 2.75) is 6.42 Å². The molecule has 0 aliphatic rings. The first-order valence-corrected chi connectivity index (χ1v) is 4.24. The first kappa shape index (κ1) is 8.05. The average Bonchev–Trinajstić information content (AvgIpc) is 2.15. The standard InChI is InChI=1S/C6H4Cl2OS/c7-5(9)3-4-1-2-10-6(4)8/h1-2H,3H2. The Morgan fingerprint density at radius 2 is 2.40 bits per heavy atom. The van der Waals surface area contributed by atoms with Gasteiger partial charge in [0.1, 0.15) is 0 Å². The van der Waals surface area contributed by atoms with E-state index < -0.39 is 0 Å². The first-order valence-electron chi connectivity index (χ1n) is 2.60. The average molecular weight is 195 g/mol. The third-order valence-electron chi connectivity index (χ3n) is 1.02. The van der Waals surface area contributed by atoms with E-state index in [1.165, 1.54) is 11.3 Å². The summed E-state index contributed by atoms with van der Waals surface area (Å²) in [6.45, 7) is 0. The second kappa shape index (κ2) is 3.37. The number of rotatable bonds is 2. The molecule has 0 atom stereocenters. The van der Waals surface area contributed by atoms with Gasteiger partial charge in [0, 0.05) is 6.42 Å². The van der Waals surface area contributed by atoms with Crippen LogP contribution in [0.1, 0.15) is 5.56 Å². The minimum Gasteiger partial charge on any atom is -0.281 e. The number of carbonyl (C=O) groups is 1. The lowest BCUT2D eigenvalue weighted by Gasteiger charge is -1.89. The minimum absolute atomic E-state index is 0.226. The third kappa shape index (κ3) is 1.97. The molecule has 0 spiro atoms. The van der Waals surface area contributed by atoms with Crippen molar-refractivity contribution in [3.63, 3.8) is 0 Å². The van der Waals surface area contributed by atoms with Crippen LogP contribution in [0.4, 0.5) is 0 Å². The fourth-order valence-corrected chi connectivity index (χ4v) is 1.67. The summed E-state index contributed by atoms with van der Waals surface area (Å²) in [6, 6.07) is 1.80. The van der Waals surface area contributed by atoms with E-state index >= 15 is 0 Å². The molecule has 0 saturated heterocycles. The van der Waals surface area contributed by atoms with Crippen molar-refractivity contribution in [2.24, 2.45) is 0 Å². The maximum absolute atomic E-state index is 10.4. The molecular formula is C6H4Cl2OS. The summed E-state index contributed by atoms with van der Waals surface area (Å²) < 4.78 is 0.647. The van der Waals surface area contributed by atoms with Crippen molar-refractivity contribution in [2.75, 3.05) is 0 Å². The van der Waals surface area contributed by atoms with Gasteiger partial charge in [-0.05, 0) is 28.6 Å². The Morgan fingerprint density at radius 3 is 2.80 bits per heavy atom. The molecule has 0 N–H and O–H groups in total. The zero-order chi connectivity index (χ0) is 7.56. The van der Waals surface area contributed by atoms with Crippen molar-refractivity contribution in [3.05, 3.63) is 21.3 Å². The first-order chi connectivity index (χ1) is 4.70. The Hall–Kier alpha value is -0.0500. The van der Waals surface area contributed by atoms with Gasteiger partial charge in [-0.25, -0.2) is 0 Å². The predicted octanol–water partition coefficient (Wildman–Crippen LogP) is 2.71. The van der Waals surface area contributed by atoms with Crippen LogP contribution in [0.25, 0.3) is 0 Å². The molecule has 54 valence electrons. The van der Waals surface area contributed by atoms with Gasteiger partial charge in [-0.15, -0.1) is 11.3 Å². The lowest BCUT2D eigenvalue weighted by molar-refractivity contribution is -0.111. The molecule has 0 amide bonds. The molecule has 0 unspecified atom stereocenters. The van der Waals surface area contributed by atoms with Gasteiger partial charge >= 0.3 is 0 Å². The molecule has 0 aromatic carbocycles. The van der Waals surface area contributed by atoms with E-state index in [1.54, 1.807) is 6.07 Å². The largest absolute Gasteiger partial charge is 0.281 e. The fraction of sp³-hybridized carbons (Fsp3) is 0.167.